The molecule has 0 atom stereocenters. The predicted octanol–water partition coefficient (Wildman–Crippen LogP) is 3.89. The smallest absolute Gasteiger partial charge is 0.235 e. The molecule has 5 heteroatoms. The Hall–Kier alpha value is -2.95. The van der Waals surface area contributed by atoms with Crippen molar-refractivity contribution < 1.29 is 4.92 Å². The molecule has 0 spiro atoms. The third-order valence-electron chi connectivity index (χ3n) is 3.71. The molecule has 0 fully saturated rings. The van der Waals surface area contributed by atoms with Crippen LogP contribution in [0.3, 0.4) is 0 Å². The van der Waals surface area contributed by atoms with Crippen LogP contribution in [0.5, 0.6) is 0 Å². The summed E-state index contributed by atoms with van der Waals surface area (Å²) in [5.74, 6) is 0. The summed E-state index contributed by atoms with van der Waals surface area (Å²) in [5, 5.41) is 17.3. The summed E-state index contributed by atoms with van der Waals surface area (Å²) in [5.41, 5.74) is 3.40. The molecule has 0 saturated carbocycles. The third-order valence-corrected chi connectivity index (χ3v) is 3.71. The molecule has 3 rings (SSSR count). The Morgan fingerprint density at radius 1 is 1.14 bits per heavy atom. The van der Waals surface area contributed by atoms with E-state index in [1.165, 1.54) is 6.08 Å². The lowest BCUT2D eigenvalue weighted by atomic mass is 10.1. The van der Waals surface area contributed by atoms with Crippen molar-refractivity contribution in [3.05, 3.63) is 75.7 Å². The molecule has 0 N–H and O–H groups in total. The zero-order valence-corrected chi connectivity index (χ0v) is 12.4. The van der Waals surface area contributed by atoms with Crippen LogP contribution in [0.2, 0.25) is 0 Å². The van der Waals surface area contributed by atoms with E-state index in [0.29, 0.717) is 0 Å². The number of hydrogen-bond acceptors (Lipinski definition) is 3. The van der Waals surface area contributed by atoms with Gasteiger partial charge in [-0.1, -0.05) is 36.4 Å². The normalized spacial score (nSPS) is 11.4. The number of aryl methyl sites for hydroxylation is 1. The first-order chi connectivity index (χ1) is 10.6. The molecule has 0 aliphatic rings. The highest BCUT2D eigenvalue weighted by atomic mass is 16.6. The van der Waals surface area contributed by atoms with Crippen LogP contribution in [-0.4, -0.2) is 14.7 Å². The molecule has 3 aromatic rings. The minimum Gasteiger partial charge on any atom is -0.259 e. The van der Waals surface area contributed by atoms with Gasteiger partial charge in [0.05, 0.1) is 16.3 Å². The van der Waals surface area contributed by atoms with Gasteiger partial charge < -0.3 is 0 Å². The quantitative estimate of drug-likeness (QED) is 0.543. The molecular formula is C17H15N3O2. The van der Waals surface area contributed by atoms with Crippen molar-refractivity contribution in [3.8, 4) is 5.69 Å². The highest BCUT2D eigenvalue weighted by Crippen LogP contribution is 2.25. The van der Waals surface area contributed by atoms with Gasteiger partial charge in [0, 0.05) is 22.7 Å². The maximum absolute atomic E-state index is 10.5. The summed E-state index contributed by atoms with van der Waals surface area (Å²) in [7, 11) is 0. The van der Waals surface area contributed by atoms with Crippen molar-refractivity contribution in [1.29, 1.82) is 0 Å². The monoisotopic (exact) mass is 293 g/mol. The average molecular weight is 293 g/mol. The van der Waals surface area contributed by atoms with Crippen molar-refractivity contribution >= 4 is 16.8 Å². The summed E-state index contributed by atoms with van der Waals surface area (Å²) >= 11 is 0. The first kappa shape index (κ1) is 14.0. The van der Waals surface area contributed by atoms with Crippen LogP contribution in [0.15, 0.2) is 48.7 Å². The molecule has 110 valence electrons. The van der Waals surface area contributed by atoms with Gasteiger partial charge in [-0.05, 0) is 25.3 Å². The number of nitro groups is 1. The average Bonchev–Trinajstić information content (AvgIpc) is 2.79. The summed E-state index contributed by atoms with van der Waals surface area (Å²) < 4.78 is 1.84. The Labute approximate surface area is 127 Å². The zero-order valence-electron chi connectivity index (χ0n) is 12.4. The van der Waals surface area contributed by atoms with Crippen molar-refractivity contribution in [2.75, 3.05) is 0 Å². The number of benzene rings is 2. The fraction of sp³-hybridized carbons (Fsp3) is 0.118. The van der Waals surface area contributed by atoms with Gasteiger partial charge in [-0.15, -0.1) is 0 Å². The molecular weight excluding hydrogens is 278 g/mol. The van der Waals surface area contributed by atoms with Crippen LogP contribution in [0.4, 0.5) is 0 Å². The van der Waals surface area contributed by atoms with E-state index in [9.17, 15) is 10.1 Å². The number of nitrogens with zero attached hydrogens (tertiary/aromatic N) is 3. The number of rotatable bonds is 3. The van der Waals surface area contributed by atoms with Gasteiger partial charge in [0.25, 0.3) is 0 Å². The maximum atomic E-state index is 10.5. The number of aromatic nitrogens is 2. The van der Waals surface area contributed by atoms with Gasteiger partial charge >= 0.3 is 0 Å². The van der Waals surface area contributed by atoms with E-state index >= 15 is 0 Å². The lowest BCUT2D eigenvalue weighted by Gasteiger charge is -2.08. The standard InChI is InChI=1S/C17H15N3O2/c1-12-15(10-11-19(21)22)13(2)20(18-12)17-9-5-7-14-6-3-4-8-16(14)17/h3-11H,1-2H3/b11-10+. The van der Waals surface area contributed by atoms with Gasteiger partial charge in [0.1, 0.15) is 0 Å². The summed E-state index contributed by atoms with van der Waals surface area (Å²) in [6, 6.07) is 14.1. The lowest BCUT2D eigenvalue weighted by Crippen LogP contribution is -2.00. The van der Waals surface area contributed by atoms with Gasteiger partial charge in [0.2, 0.25) is 6.20 Å². The van der Waals surface area contributed by atoms with Crippen molar-refractivity contribution in [3.63, 3.8) is 0 Å². The first-order valence-corrected chi connectivity index (χ1v) is 6.94. The molecule has 22 heavy (non-hydrogen) atoms. The SMILES string of the molecule is Cc1nn(-c2cccc3ccccc23)c(C)c1/C=C/[N+](=O)[O-]. The Bertz CT molecular complexity index is 889. The molecule has 1 heterocycles. The van der Waals surface area contributed by atoms with Crippen molar-refractivity contribution in [1.82, 2.24) is 9.78 Å². The minimum atomic E-state index is -0.464. The first-order valence-electron chi connectivity index (χ1n) is 6.94. The van der Waals surface area contributed by atoms with Crippen LogP contribution < -0.4 is 0 Å². The molecule has 5 nitrogen and oxygen atoms in total. The molecule has 0 aliphatic carbocycles. The number of fused-ring (bicyclic) bond motifs is 1. The van der Waals surface area contributed by atoms with Gasteiger partial charge in [-0.25, -0.2) is 4.68 Å². The van der Waals surface area contributed by atoms with E-state index in [0.717, 1.165) is 39.6 Å². The number of hydrogen-bond donors (Lipinski definition) is 0. The largest absolute Gasteiger partial charge is 0.259 e. The Balaban J connectivity index is 2.20. The minimum absolute atomic E-state index is 0.464. The Kier molecular flexibility index (Phi) is 3.47. The van der Waals surface area contributed by atoms with E-state index in [1.807, 2.05) is 48.9 Å². The van der Waals surface area contributed by atoms with E-state index in [4.69, 9.17) is 0 Å². The Morgan fingerprint density at radius 3 is 2.64 bits per heavy atom. The van der Waals surface area contributed by atoms with Gasteiger partial charge in [-0.2, -0.15) is 5.10 Å². The molecule has 0 radical (unpaired) electrons. The third kappa shape index (κ3) is 2.37. The Morgan fingerprint density at radius 2 is 1.86 bits per heavy atom. The fourth-order valence-electron chi connectivity index (χ4n) is 2.66. The van der Waals surface area contributed by atoms with Crippen LogP contribution >= 0.6 is 0 Å². The topological polar surface area (TPSA) is 61.0 Å². The maximum Gasteiger partial charge on any atom is 0.235 e. The van der Waals surface area contributed by atoms with E-state index in [-0.39, 0.29) is 0 Å². The summed E-state index contributed by atoms with van der Waals surface area (Å²) in [6.45, 7) is 3.77. The summed E-state index contributed by atoms with van der Waals surface area (Å²) in [6.07, 6.45) is 2.45. The van der Waals surface area contributed by atoms with E-state index < -0.39 is 4.92 Å². The molecule has 0 saturated heterocycles. The van der Waals surface area contributed by atoms with E-state index in [2.05, 4.69) is 17.2 Å². The highest BCUT2D eigenvalue weighted by Gasteiger charge is 2.13. The second-order valence-electron chi connectivity index (χ2n) is 5.10. The van der Waals surface area contributed by atoms with Crippen molar-refractivity contribution in [2.45, 2.75) is 13.8 Å². The predicted molar refractivity (Wildman–Crippen MR) is 86.6 cm³/mol. The van der Waals surface area contributed by atoms with E-state index in [1.54, 1.807) is 0 Å². The second kappa shape index (κ2) is 5.44. The van der Waals surface area contributed by atoms with Crippen LogP contribution in [-0.2, 0) is 0 Å². The van der Waals surface area contributed by atoms with Crippen molar-refractivity contribution in [2.24, 2.45) is 0 Å². The lowest BCUT2D eigenvalue weighted by molar-refractivity contribution is -0.400. The second-order valence-corrected chi connectivity index (χ2v) is 5.10. The molecule has 0 unspecified atom stereocenters. The fourth-order valence-corrected chi connectivity index (χ4v) is 2.66. The molecule has 0 amide bonds. The van der Waals surface area contributed by atoms with Gasteiger partial charge in [0.15, 0.2) is 0 Å². The zero-order chi connectivity index (χ0) is 15.7. The highest BCUT2D eigenvalue weighted by molar-refractivity contribution is 5.90. The van der Waals surface area contributed by atoms with Gasteiger partial charge in [-0.3, -0.25) is 10.1 Å². The molecule has 0 bridgehead atoms. The van der Waals surface area contributed by atoms with Crippen LogP contribution in [0.25, 0.3) is 22.5 Å². The molecule has 0 aliphatic heterocycles. The molecule has 2 aromatic carbocycles. The van der Waals surface area contributed by atoms with Crippen LogP contribution in [0, 0.1) is 24.0 Å². The summed E-state index contributed by atoms with van der Waals surface area (Å²) in [4.78, 5) is 10.1. The molecule has 1 aromatic heterocycles. The van der Waals surface area contributed by atoms with Crippen LogP contribution in [0.1, 0.15) is 17.0 Å².